The van der Waals surface area contributed by atoms with E-state index < -0.39 is 30.5 Å². The summed E-state index contributed by atoms with van der Waals surface area (Å²) in [5, 5.41) is 56.8. The average molecular weight is 356 g/mol. The van der Waals surface area contributed by atoms with Crippen LogP contribution in [0.1, 0.15) is 18.4 Å². The maximum Gasteiger partial charge on any atom is 0.171 e. The Hall–Kier alpha value is -2.10. The average Bonchev–Trinajstić information content (AvgIpc) is 2.55. The van der Waals surface area contributed by atoms with E-state index in [0.29, 0.717) is 5.56 Å². The Morgan fingerprint density at radius 1 is 1.20 bits per heavy atom. The van der Waals surface area contributed by atoms with Gasteiger partial charge in [-0.15, -0.1) is 0 Å². The summed E-state index contributed by atoms with van der Waals surface area (Å²) in [6.45, 7) is -0.448. The van der Waals surface area contributed by atoms with Gasteiger partial charge in [-0.2, -0.15) is 4.89 Å². The molecule has 0 heterocycles. The minimum atomic E-state index is -1.56. The molecule has 2 rings (SSSR count). The Balaban J connectivity index is 1.92. The maximum absolute atomic E-state index is 10.2. The molecule has 9 heteroatoms. The molecule has 0 aromatic heterocycles. The number of aromatic hydroxyl groups is 2. The number of aliphatic hydroxyl groups excluding tert-OH is 2. The van der Waals surface area contributed by atoms with Crippen LogP contribution in [-0.2, 0) is 14.7 Å². The lowest BCUT2D eigenvalue weighted by molar-refractivity contribution is -0.338. The quantitative estimate of drug-likeness (QED) is 0.139. The predicted molar refractivity (Wildman–Crippen MR) is 83.1 cm³/mol. The third-order valence-electron chi connectivity index (χ3n) is 3.82. The number of hydrogen-bond donors (Lipinski definition) is 6. The number of aliphatic hydroxyl groups is 3. The van der Waals surface area contributed by atoms with Gasteiger partial charge in [0.25, 0.3) is 0 Å². The van der Waals surface area contributed by atoms with Gasteiger partial charge in [0.1, 0.15) is 18.8 Å². The van der Waals surface area contributed by atoms with Crippen molar-refractivity contribution in [3.05, 3.63) is 35.8 Å². The molecule has 25 heavy (non-hydrogen) atoms. The van der Waals surface area contributed by atoms with Gasteiger partial charge in [-0.3, -0.25) is 5.26 Å². The smallest absolute Gasteiger partial charge is 0.171 e. The van der Waals surface area contributed by atoms with Gasteiger partial charge in [0.05, 0.1) is 11.7 Å². The van der Waals surface area contributed by atoms with Crippen molar-refractivity contribution in [3.63, 3.8) is 0 Å². The van der Waals surface area contributed by atoms with Crippen molar-refractivity contribution in [2.75, 3.05) is 6.61 Å². The monoisotopic (exact) mass is 356 g/mol. The summed E-state index contributed by atoms with van der Waals surface area (Å²) < 4.78 is 0. The van der Waals surface area contributed by atoms with Crippen molar-refractivity contribution in [2.24, 2.45) is 0 Å². The van der Waals surface area contributed by atoms with Crippen LogP contribution >= 0.6 is 0 Å². The van der Waals surface area contributed by atoms with Crippen molar-refractivity contribution >= 4 is 6.08 Å². The fourth-order valence-electron chi connectivity index (χ4n) is 2.55. The van der Waals surface area contributed by atoms with Crippen LogP contribution in [0.25, 0.3) is 6.08 Å². The minimum Gasteiger partial charge on any atom is -0.504 e. The van der Waals surface area contributed by atoms with Crippen LogP contribution in [0.2, 0.25) is 0 Å². The van der Waals surface area contributed by atoms with Crippen molar-refractivity contribution < 1.29 is 45.5 Å². The number of hydrogen-bond acceptors (Lipinski definition) is 9. The van der Waals surface area contributed by atoms with Gasteiger partial charge in [-0.25, -0.2) is 4.89 Å². The summed E-state index contributed by atoms with van der Waals surface area (Å²) >= 11 is 0. The lowest BCUT2D eigenvalue weighted by Crippen LogP contribution is -2.55. The maximum atomic E-state index is 10.2. The fourth-order valence-corrected chi connectivity index (χ4v) is 2.55. The van der Waals surface area contributed by atoms with Crippen LogP contribution in [0.4, 0.5) is 0 Å². The van der Waals surface area contributed by atoms with Crippen molar-refractivity contribution in [3.8, 4) is 11.5 Å². The lowest BCUT2D eigenvalue weighted by Gasteiger charge is -2.40. The van der Waals surface area contributed by atoms with E-state index in [1.807, 2.05) is 0 Å². The van der Waals surface area contributed by atoms with Gasteiger partial charge in [0, 0.05) is 12.8 Å². The number of phenols is 2. The van der Waals surface area contributed by atoms with Gasteiger partial charge < -0.3 is 30.4 Å². The van der Waals surface area contributed by atoms with E-state index in [2.05, 4.69) is 10.6 Å². The van der Waals surface area contributed by atoms with Crippen LogP contribution < -0.4 is 0 Å². The molecule has 6 N–H and O–H groups in total. The molecule has 1 aliphatic carbocycles. The molecule has 0 bridgehead atoms. The zero-order valence-electron chi connectivity index (χ0n) is 13.1. The molecule has 0 radical (unpaired) electrons. The summed E-state index contributed by atoms with van der Waals surface area (Å²) in [5.74, 6) is -0.526. The molecule has 1 saturated carbocycles. The molecule has 0 amide bonds. The molecule has 1 aliphatic rings. The van der Waals surface area contributed by atoms with Crippen LogP contribution in [0.3, 0.4) is 0 Å². The summed E-state index contributed by atoms with van der Waals surface area (Å²) in [6, 6.07) is 4.16. The van der Waals surface area contributed by atoms with E-state index in [-0.39, 0.29) is 24.3 Å². The summed E-state index contributed by atoms with van der Waals surface area (Å²) in [5.41, 5.74) is 1.57. The lowest BCUT2D eigenvalue weighted by atomic mass is 9.80. The van der Waals surface area contributed by atoms with Gasteiger partial charge in [-0.1, -0.05) is 11.8 Å². The molecule has 4 unspecified atom stereocenters. The number of benzene rings is 1. The molecule has 0 spiro atoms. The molecule has 1 aromatic carbocycles. The molecule has 0 aliphatic heterocycles. The Labute approximate surface area is 143 Å². The molecule has 1 fully saturated rings. The highest BCUT2D eigenvalue weighted by Gasteiger charge is 2.46. The predicted octanol–water partition coefficient (Wildman–Crippen LogP) is 0.277. The third-order valence-corrected chi connectivity index (χ3v) is 3.82. The molecule has 1 aromatic rings. The number of phenolic OH excluding ortho intramolecular Hbond substituents is 2. The first-order chi connectivity index (χ1) is 11.8. The first kappa shape index (κ1) is 19.2. The highest BCUT2D eigenvalue weighted by molar-refractivity contribution is 5.54. The number of rotatable bonds is 6. The van der Waals surface area contributed by atoms with Crippen molar-refractivity contribution in [1.82, 2.24) is 0 Å². The van der Waals surface area contributed by atoms with Gasteiger partial charge >= 0.3 is 0 Å². The van der Waals surface area contributed by atoms with E-state index in [9.17, 15) is 25.5 Å². The van der Waals surface area contributed by atoms with Crippen molar-refractivity contribution in [2.45, 2.75) is 36.8 Å². The first-order valence-electron chi connectivity index (χ1n) is 7.44. The Kier molecular flexibility index (Phi) is 6.40. The zero-order valence-corrected chi connectivity index (χ0v) is 13.1. The fraction of sp³-hybridized carbons (Fsp3) is 0.438. The van der Waals surface area contributed by atoms with Gasteiger partial charge in [-0.05, 0) is 23.8 Å². The second-order valence-electron chi connectivity index (χ2n) is 5.87. The molecule has 9 nitrogen and oxygen atoms in total. The van der Waals surface area contributed by atoms with Crippen LogP contribution in [0, 0.1) is 0 Å². The first-order valence-corrected chi connectivity index (χ1v) is 7.44. The molecule has 4 atom stereocenters. The highest BCUT2D eigenvalue weighted by atomic mass is 17.2. The van der Waals surface area contributed by atoms with Crippen molar-refractivity contribution in [1.29, 1.82) is 0 Å². The van der Waals surface area contributed by atoms with Crippen LogP contribution in [0.5, 0.6) is 11.5 Å². The standard InChI is InChI=1S/C16H20O9/c17-11-4-3-10(6-12(11)18)2-1-5-24-25-14-8-16(21,9-23-22)7-13(19)15(14)20/h2-6,13-15,17-22H,7-9H2. The van der Waals surface area contributed by atoms with E-state index in [0.717, 1.165) is 6.26 Å². The summed E-state index contributed by atoms with van der Waals surface area (Å²) in [7, 11) is 0. The SMILES string of the molecule is OOCC1(O)CC(O)C(O)C(OOC=C=Cc2ccc(O)c(O)c2)C1. The van der Waals surface area contributed by atoms with E-state index in [1.165, 1.54) is 24.3 Å². The second kappa shape index (κ2) is 8.32. The Morgan fingerprint density at radius 2 is 1.96 bits per heavy atom. The molecule has 0 saturated heterocycles. The Morgan fingerprint density at radius 3 is 2.64 bits per heavy atom. The largest absolute Gasteiger partial charge is 0.504 e. The van der Waals surface area contributed by atoms with E-state index >= 15 is 0 Å². The minimum absolute atomic E-state index is 0.130. The van der Waals surface area contributed by atoms with Crippen LogP contribution in [-0.4, -0.2) is 61.3 Å². The van der Waals surface area contributed by atoms with Gasteiger partial charge in [0.2, 0.25) is 0 Å². The summed E-state index contributed by atoms with van der Waals surface area (Å²) in [4.78, 5) is 13.7. The molecule has 138 valence electrons. The van der Waals surface area contributed by atoms with E-state index in [1.54, 1.807) is 0 Å². The second-order valence-corrected chi connectivity index (χ2v) is 5.87. The third kappa shape index (κ3) is 5.18. The topological polar surface area (TPSA) is 149 Å². The zero-order chi connectivity index (χ0) is 18.4. The van der Waals surface area contributed by atoms with Crippen LogP contribution in [0.15, 0.2) is 30.2 Å². The Bertz CT molecular complexity index is 640. The molecular weight excluding hydrogens is 336 g/mol. The highest BCUT2D eigenvalue weighted by Crippen LogP contribution is 2.31. The normalized spacial score (nSPS) is 28.9. The summed E-state index contributed by atoms with van der Waals surface area (Å²) in [6.07, 6.45) is -1.47. The van der Waals surface area contributed by atoms with Gasteiger partial charge in [0.15, 0.2) is 17.8 Å². The molecular formula is C16H20O9. The van der Waals surface area contributed by atoms with E-state index in [4.69, 9.17) is 15.0 Å².